The van der Waals surface area contributed by atoms with Gasteiger partial charge in [-0.15, -0.1) is 0 Å². The van der Waals surface area contributed by atoms with Crippen molar-refractivity contribution in [3.63, 3.8) is 0 Å². The molecule has 5 heteroatoms. The number of aryl methyl sites for hydroxylation is 2. The van der Waals surface area contributed by atoms with Crippen LogP contribution in [0.25, 0.3) is 98.4 Å². The molecule has 3 aromatic heterocycles. The zero-order chi connectivity index (χ0) is 34.1. The molecule has 0 aliphatic carbocycles. The first kappa shape index (κ1) is 30.3. The first-order chi connectivity index (χ1) is 25.3. The van der Waals surface area contributed by atoms with Crippen LogP contribution in [0.3, 0.4) is 0 Å². The molecule has 0 radical (unpaired) electrons. The lowest BCUT2D eigenvalue weighted by Crippen LogP contribution is -1.98. The van der Waals surface area contributed by atoms with Gasteiger partial charge in [-0.1, -0.05) is 124 Å². The number of hydrogen-bond acceptors (Lipinski definition) is 3. The van der Waals surface area contributed by atoms with Gasteiger partial charge in [0, 0.05) is 67.6 Å². The summed E-state index contributed by atoms with van der Waals surface area (Å²) in [6.07, 6.45) is 4.57. The van der Waals surface area contributed by atoms with Gasteiger partial charge in [-0.3, -0.25) is 0 Å². The zero-order valence-electron chi connectivity index (χ0n) is 29.0. The summed E-state index contributed by atoms with van der Waals surface area (Å²) in [5, 5.41) is 10.3. The van der Waals surface area contributed by atoms with Gasteiger partial charge in [0.15, 0.2) is 0 Å². The predicted octanol–water partition coefficient (Wildman–Crippen LogP) is 13.1. The minimum atomic E-state index is 0.968. The van der Waals surface area contributed by atoms with Crippen LogP contribution in [0.5, 0.6) is 0 Å². The van der Waals surface area contributed by atoms with Gasteiger partial charge in [0.1, 0.15) is 11.0 Å². The fraction of sp³-hybridized carbons (Fsp3) is 0.174. The second-order valence-electron chi connectivity index (χ2n) is 13.9. The molecule has 0 bridgehead atoms. The van der Waals surface area contributed by atoms with Crippen LogP contribution in [0.15, 0.2) is 121 Å². The molecule has 0 atom stereocenters. The lowest BCUT2D eigenvalue weighted by atomic mass is 9.90. The number of aromatic nitrogens is 4. The molecule has 4 nitrogen and oxygen atoms in total. The largest absolute Gasteiger partial charge is 0.340 e. The van der Waals surface area contributed by atoms with E-state index in [1.807, 2.05) is 0 Å². The van der Waals surface area contributed by atoms with E-state index in [-0.39, 0.29) is 0 Å². The van der Waals surface area contributed by atoms with Crippen LogP contribution >= 0.6 is 11.7 Å². The Labute approximate surface area is 300 Å². The van der Waals surface area contributed by atoms with Crippen LogP contribution in [-0.2, 0) is 13.1 Å². The number of unbranched alkanes of at least 4 members (excludes halogenated alkanes) is 2. The fourth-order valence-corrected chi connectivity index (χ4v) is 9.24. The Kier molecular flexibility index (Phi) is 7.17. The maximum absolute atomic E-state index is 5.07. The van der Waals surface area contributed by atoms with Crippen molar-refractivity contribution < 1.29 is 0 Å². The van der Waals surface area contributed by atoms with Crippen LogP contribution in [0.4, 0.5) is 0 Å². The van der Waals surface area contributed by atoms with Gasteiger partial charge in [0.2, 0.25) is 0 Å². The number of nitrogens with zero attached hydrogens (tertiary/aromatic N) is 4. The van der Waals surface area contributed by atoms with Gasteiger partial charge in [-0.2, -0.15) is 8.75 Å². The highest BCUT2D eigenvalue weighted by Crippen LogP contribution is 2.47. The van der Waals surface area contributed by atoms with Gasteiger partial charge in [-0.05, 0) is 59.0 Å². The molecule has 0 amide bonds. The van der Waals surface area contributed by atoms with Crippen LogP contribution in [-0.4, -0.2) is 17.9 Å². The van der Waals surface area contributed by atoms with Gasteiger partial charge >= 0.3 is 0 Å². The van der Waals surface area contributed by atoms with E-state index >= 15 is 0 Å². The maximum Gasteiger partial charge on any atom is 0.113 e. The van der Waals surface area contributed by atoms with E-state index in [1.165, 1.54) is 88.0 Å². The molecule has 0 fully saturated rings. The van der Waals surface area contributed by atoms with Gasteiger partial charge in [0.25, 0.3) is 0 Å². The molecule has 7 aromatic carbocycles. The maximum atomic E-state index is 5.07. The Morgan fingerprint density at radius 1 is 0.471 bits per heavy atom. The van der Waals surface area contributed by atoms with Crippen molar-refractivity contribution in [1.82, 2.24) is 17.9 Å². The summed E-state index contributed by atoms with van der Waals surface area (Å²) in [6, 6.07) is 45.0. The number of hydrogen-bond donors (Lipinski definition) is 0. The third-order valence-corrected chi connectivity index (χ3v) is 11.5. The van der Waals surface area contributed by atoms with Crippen LogP contribution in [0.1, 0.15) is 39.5 Å². The fourth-order valence-electron chi connectivity index (χ4n) is 8.67. The Bertz CT molecular complexity index is 2760. The summed E-state index contributed by atoms with van der Waals surface area (Å²) in [7, 11) is 0. The van der Waals surface area contributed by atoms with Crippen molar-refractivity contribution in [3.8, 4) is 22.3 Å². The summed E-state index contributed by atoms with van der Waals surface area (Å²) in [4.78, 5) is 0. The van der Waals surface area contributed by atoms with Crippen LogP contribution in [0.2, 0.25) is 0 Å². The summed E-state index contributed by atoms with van der Waals surface area (Å²) >= 11 is 1.32. The summed E-state index contributed by atoms with van der Waals surface area (Å²) in [5.41, 5.74) is 11.9. The van der Waals surface area contributed by atoms with E-state index < -0.39 is 0 Å². The number of para-hydroxylation sites is 2. The van der Waals surface area contributed by atoms with Gasteiger partial charge in [-0.25, -0.2) is 0 Å². The van der Waals surface area contributed by atoms with Crippen molar-refractivity contribution in [1.29, 1.82) is 0 Å². The first-order valence-corrected chi connectivity index (χ1v) is 19.1. The van der Waals surface area contributed by atoms with Crippen molar-refractivity contribution in [2.75, 3.05) is 0 Å². The lowest BCUT2D eigenvalue weighted by molar-refractivity contribution is 0.666. The normalized spacial score (nSPS) is 12.2. The SMILES string of the molecule is CCCCn1c2ccccc2c2c(-c3ccc(-c4cc5ccccc5c5c4c4ccccc4n5CCCC)c4nsnc34)cc3ccccc3c21. The molecule has 51 heavy (non-hydrogen) atoms. The molecule has 10 rings (SSSR count). The minimum absolute atomic E-state index is 0.968. The quantitative estimate of drug-likeness (QED) is 0.160. The summed E-state index contributed by atoms with van der Waals surface area (Å²) in [6.45, 7) is 6.53. The summed E-state index contributed by atoms with van der Waals surface area (Å²) < 4.78 is 15.3. The highest BCUT2D eigenvalue weighted by molar-refractivity contribution is 7.00. The van der Waals surface area contributed by atoms with Gasteiger partial charge < -0.3 is 9.13 Å². The Hall–Kier alpha value is -5.52. The van der Waals surface area contributed by atoms with Crippen molar-refractivity contribution in [2.24, 2.45) is 0 Å². The molecule has 0 unspecified atom stereocenters. The van der Waals surface area contributed by atoms with E-state index in [0.717, 1.165) is 60.9 Å². The molecule has 0 spiro atoms. The Morgan fingerprint density at radius 3 is 1.33 bits per heavy atom. The predicted molar refractivity (Wildman–Crippen MR) is 219 cm³/mol. The molecular formula is C46H38N4S. The van der Waals surface area contributed by atoms with Crippen molar-refractivity contribution in [3.05, 3.63) is 121 Å². The van der Waals surface area contributed by atoms with E-state index in [1.54, 1.807) is 0 Å². The van der Waals surface area contributed by atoms with E-state index in [9.17, 15) is 0 Å². The molecule has 10 aromatic rings. The molecule has 248 valence electrons. The molecule has 0 saturated heterocycles. The van der Waals surface area contributed by atoms with E-state index in [0.29, 0.717) is 0 Å². The average molecular weight is 679 g/mol. The van der Waals surface area contributed by atoms with Crippen LogP contribution in [0, 0.1) is 0 Å². The Morgan fingerprint density at radius 2 is 0.882 bits per heavy atom. The smallest absolute Gasteiger partial charge is 0.113 e. The second kappa shape index (κ2) is 12.1. The molecule has 0 saturated carbocycles. The molecule has 0 aliphatic heterocycles. The highest BCUT2D eigenvalue weighted by atomic mass is 32.1. The van der Waals surface area contributed by atoms with Crippen molar-refractivity contribution in [2.45, 2.75) is 52.6 Å². The Balaban J connectivity index is 1.29. The number of fused-ring (bicyclic) bond motifs is 11. The number of rotatable bonds is 8. The second-order valence-corrected chi connectivity index (χ2v) is 14.4. The topological polar surface area (TPSA) is 35.6 Å². The summed E-state index contributed by atoms with van der Waals surface area (Å²) in [5.74, 6) is 0. The molecule has 0 N–H and O–H groups in total. The van der Waals surface area contributed by atoms with E-state index in [2.05, 4.69) is 144 Å². The monoisotopic (exact) mass is 678 g/mol. The molecule has 3 heterocycles. The highest BCUT2D eigenvalue weighted by Gasteiger charge is 2.24. The minimum Gasteiger partial charge on any atom is -0.340 e. The third-order valence-electron chi connectivity index (χ3n) is 11.0. The molecular weight excluding hydrogens is 641 g/mol. The van der Waals surface area contributed by atoms with Crippen LogP contribution < -0.4 is 0 Å². The molecule has 0 aliphatic rings. The van der Waals surface area contributed by atoms with E-state index in [4.69, 9.17) is 8.75 Å². The third kappa shape index (κ3) is 4.51. The standard InChI is InChI=1S/C46H38N4S/c1-3-5-25-49-39-21-13-11-19-35(39)41-37(27-29-15-7-9-17-31(29)45(41)49)33-23-24-34(44-43(33)47-51-48-44)38-28-30-16-8-10-18-32(30)46-42(38)36-20-12-14-22-40(36)50(46)26-6-4-2/h7-24,27-28H,3-6,25-26H2,1-2H3. The first-order valence-electron chi connectivity index (χ1n) is 18.4. The number of benzene rings is 7. The van der Waals surface area contributed by atoms with Gasteiger partial charge in [0.05, 0.1) is 22.8 Å². The zero-order valence-corrected chi connectivity index (χ0v) is 29.8. The van der Waals surface area contributed by atoms with Crippen molar-refractivity contribution >= 4 is 87.9 Å². The lowest BCUT2D eigenvalue weighted by Gasteiger charge is -2.14. The average Bonchev–Trinajstić information content (AvgIpc) is 3.89.